The average molecular weight is 385 g/mol. The minimum Gasteiger partial charge on any atom is -0.493 e. The molecule has 0 bridgehead atoms. The number of hydrogen-bond acceptors (Lipinski definition) is 6. The van der Waals surface area contributed by atoms with Crippen LogP contribution in [0.2, 0.25) is 5.02 Å². The summed E-state index contributed by atoms with van der Waals surface area (Å²) in [6, 6.07) is 2.99. The lowest BCUT2D eigenvalue weighted by molar-refractivity contribution is -0.137. The zero-order valence-corrected chi connectivity index (χ0v) is 15.6. The maximum atomic E-state index is 12.1. The van der Waals surface area contributed by atoms with Gasteiger partial charge in [0.25, 0.3) is 5.91 Å². The highest BCUT2D eigenvalue weighted by Crippen LogP contribution is 2.36. The van der Waals surface area contributed by atoms with Gasteiger partial charge in [-0.2, -0.15) is 0 Å². The third-order valence-electron chi connectivity index (χ3n) is 3.75. The fourth-order valence-electron chi connectivity index (χ4n) is 2.16. The van der Waals surface area contributed by atoms with Gasteiger partial charge in [0.15, 0.2) is 18.1 Å². The molecule has 1 fully saturated rings. The molecule has 142 valence electrons. The van der Waals surface area contributed by atoms with Gasteiger partial charge in [0.1, 0.15) is 0 Å². The van der Waals surface area contributed by atoms with E-state index < -0.39 is 18.5 Å². The zero-order chi connectivity index (χ0) is 19.3. The van der Waals surface area contributed by atoms with Gasteiger partial charge in [-0.1, -0.05) is 11.6 Å². The molecule has 1 aromatic rings. The quantitative estimate of drug-likeness (QED) is 0.678. The minimum atomic E-state index is -0.739. The fraction of sp³-hybridized carbons (Fsp3) is 0.471. The number of carbonyl (C=O) groups excluding carboxylic acids is 3. The molecular formula is C17H21ClN2O6. The number of nitrogens with one attached hydrogen (secondary N) is 1. The Hall–Kier alpha value is -2.48. The molecule has 1 saturated carbocycles. The van der Waals surface area contributed by atoms with E-state index in [1.54, 1.807) is 0 Å². The summed E-state index contributed by atoms with van der Waals surface area (Å²) in [6.07, 6.45) is 1.93. The van der Waals surface area contributed by atoms with Gasteiger partial charge in [0.05, 0.1) is 31.4 Å². The highest BCUT2D eigenvalue weighted by Gasteiger charge is 2.24. The van der Waals surface area contributed by atoms with Crippen LogP contribution in [-0.4, -0.2) is 63.1 Å². The van der Waals surface area contributed by atoms with Crippen molar-refractivity contribution in [2.24, 2.45) is 0 Å². The predicted molar refractivity (Wildman–Crippen MR) is 93.6 cm³/mol. The largest absolute Gasteiger partial charge is 0.493 e. The number of benzene rings is 1. The van der Waals surface area contributed by atoms with Gasteiger partial charge < -0.3 is 24.4 Å². The monoisotopic (exact) mass is 384 g/mol. The molecule has 1 N–H and O–H groups in total. The van der Waals surface area contributed by atoms with Crippen LogP contribution < -0.4 is 14.8 Å². The van der Waals surface area contributed by atoms with Gasteiger partial charge in [0.2, 0.25) is 5.91 Å². The molecule has 0 atom stereocenters. The molecular weight excluding hydrogens is 364 g/mol. The lowest BCUT2D eigenvalue weighted by Gasteiger charge is -2.17. The summed E-state index contributed by atoms with van der Waals surface area (Å²) in [6.45, 7) is -0.576. The number of methoxy groups -OCH3 is 2. The van der Waals surface area contributed by atoms with Gasteiger partial charge in [-0.05, 0) is 25.0 Å². The average Bonchev–Trinajstić information content (AvgIpc) is 3.41. The van der Waals surface area contributed by atoms with Crippen LogP contribution in [0.25, 0.3) is 0 Å². The number of carbonyl (C=O) groups is 3. The normalized spacial score (nSPS) is 12.9. The molecule has 1 aliphatic rings. The first-order valence-corrected chi connectivity index (χ1v) is 8.35. The lowest BCUT2D eigenvalue weighted by Crippen LogP contribution is -2.40. The van der Waals surface area contributed by atoms with Crippen molar-refractivity contribution in [3.05, 3.63) is 22.7 Å². The van der Waals surface area contributed by atoms with Gasteiger partial charge in [-0.15, -0.1) is 0 Å². The van der Waals surface area contributed by atoms with Crippen molar-refractivity contribution in [1.82, 2.24) is 10.2 Å². The third kappa shape index (κ3) is 5.26. The molecule has 0 unspecified atom stereocenters. The SMILES string of the molecule is COc1cc(C(=O)OCC(=O)N(C)CC(=O)NC2CC2)cc(Cl)c1OC. The molecule has 26 heavy (non-hydrogen) atoms. The predicted octanol–water partition coefficient (Wildman–Crippen LogP) is 1.25. The number of rotatable bonds is 8. The van der Waals surface area contributed by atoms with Crippen LogP contribution in [0.4, 0.5) is 0 Å². The van der Waals surface area contributed by atoms with Crippen LogP contribution in [0.5, 0.6) is 11.5 Å². The Balaban J connectivity index is 1.89. The fourth-order valence-corrected chi connectivity index (χ4v) is 2.45. The lowest BCUT2D eigenvalue weighted by atomic mass is 10.2. The summed E-state index contributed by atoms with van der Waals surface area (Å²) < 4.78 is 15.2. The van der Waals surface area contributed by atoms with Gasteiger partial charge >= 0.3 is 5.97 Å². The van der Waals surface area contributed by atoms with E-state index in [9.17, 15) is 14.4 Å². The second-order valence-corrected chi connectivity index (χ2v) is 6.27. The molecule has 1 aromatic carbocycles. The van der Waals surface area contributed by atoms with Crippen LogP contribution in [0.3, 0.4) is 0 Å². The molecule has 0 saturated heterocycles. The van der Waals surface area contributed by atoms with E-state index in [0.29, 0.717) is 5.75 Å². The number of nitrogens with zero attached hydrogens (tertiary/aromatic N) is 1. The molecule has 0 aliphatic heterocycles. The number of esters is 1. The number of hydrogen-bond donors (Lipinski definition) is 1. The smallest absolute Gasteiger partial charge is 0.338 e. The van der Waals surface area contributed by atoms with Crippen molar-refractivity contribution in [2.45, 2.75) is 18.9 Å². The Morgan fingerprint density at radius 1 is 1.23 bits per heavy atom. The molecule has 0 radical (unpaired) electrons. The maximum Gasteiger partial charge on any atom is 0.338 e. The van der Waals surface area contributed by atoms with Crippen molar-refractivity contribution >= 4 is 29.4 Å². The summed E-state index contributed by atoms with van der Waals surface area (Å²) in [4.78, 5) is 37.0. The van der Waals surface area contributed by atoms with Gasteiger partial charge in [-0.25, -0.2) is 4.79 Å². The molecule has 9 heteroatoms. The first-order valence-electron chi connectivity index (χ1n) is 7.97. The first-order chi connectivity index (χ1) is 12.3. The molecule has 2 amide bonds. The molecule has 1 aliphatic carbocycles. The van der Waals surface area contributed by atoms with Crippen LogP contribution in [0.15, 0.2) is 12.1 Å². The molecule has 0 spiro atoms. The second kappa shape index (κ2) is 8.75. The summed E-state index contributed by atoms with van der Waals surface area (Å²) in [5, 5.41) is 2.96. The summed E-state index contributed by atoms with van der Waals surface area (Å²) >= 11 is 6.04. The number of ether oxygens (including phenoxy) is 3. The van der Waals surface area contributed by atoms with Crippen LogP contribution in [0, 0.1) is 0 Å². The summed E-state index contributed by atoms with van der Waals surface area (Å²) in [5.74, 6) is -0.899. The van der Waals surface area contributed by atoms with E-state index in [1.165, 1.54) is 38.3 Å². The minimum absolute atomic E-state index is 0.0882. The van der Waals surface area contributed by atoms with Crippen LogP contribution in [0.1, 0.15) is 23.2 Å². The van der Waals surface area contributed by atoms with E-state index in [4.69, 9.17) is 25.8 Å². The highest BCUT2D eigenvalue weighted by molar-refractivity contribution is 6.32. The number of halogens is 1. The Labute approximate surface area is 156 Å². The third-order valence-corrected chi connectivity index (χ3v) is 4.03. The molecule has 0 heterocycles. The van der Waals surface area contributed by atoms with Gasteiger partial charge in [-0.3, -0.25) is 9.59 Å². The second-order valence-electron chi connectivity index (χ2n) is 5.86. The number of likely N-dealkylation sites (N-methyl/N-ethyl adjacent to an activating group) is 1. The van der Waals surface area contributed by atoms with Gasteiger partial charge in [0, 0.05) is 13.1 Å². The van der Waals surface area contributed by atoms with E-state index in [-0.39, 0.29) is 34.8 Å². The first kappa shape index (κ1) is 19.8. The number of amides is 2. The topological polar surface area (TPSA) is 94.2 Å². The van der Waals surface area contributed by atoms with Crippen molar-refractivity contribution in [3.8, 4) is 11.5 Å². The zero-order valence-electron chi connectivity index (χ0n) is 14.8. The Morgan fingerprint density at radius 2 is 1.92 bits per heavy atom. The Kier molecular flexibility index (Phi) is 6.68. The Morgan fingerprint density at radius 3 is 2.50 bits per heavy atom. The van der Waals surface area contributed by atoms with Crippen LogP contribution >= 0.6 is 11.6 Å². The summed E-state index contributed by atoms with van der Waals surface area (Å²) in [7, 11) is 4.31. The van der Waals surface area contributed by atoms with E-state index >= 15 is 0 Å². The standard InChI is InChI=1S/C17H21ClN2O6/c1-20(8-14(21)19-11-4-5-11)15(22)9-26-17(23)10-6-12(18)16(25-3)13(7-10)24-2/h6-7,11H,4-5,8-9H2,1-3H3,(H,19,21). The van der Waals surface area contributed by atoms with E-state index in [1.807, 2.05) is 0 Å². The molecule has 8 nitrogen and oxygen atoms in total. The maximum absolute atomic E-state index is 12.1. The molecule has 0 aromatic heterocycles. The van der Waals surface area contributed by atoms with E-state index in [2.05, 4.69) is 5.32 Å². The van der Waals surface area contributed by atoms with Crippen molar-refractivity contribution in [3.63, 3.8) is 0 Å². The van der Waals surface area contributed by atoms with E-state index in [0.717, 1.165) is 12.8 Å². The van der Waals surface area contributed by atoms with Crippen molar-refractivity contribution in [2.75, 3.05) is 34.4 Å². The highest BCUT2D eigenvalue weighted by atomic mass is 35.5. The summed E-state index contributed by atoms with van der Waals surface area (Å²) in [5.41, 5.74) is 0.120. The van der Waals surface area contributed by atoms with Crippen molar-refractivity contribution < 1.29 is 28.6 Å². The van der Waals surface area contributed by atoms with Crippen LogP contribution in [-0.2, 0) is 14.3 Å². The Bertz CT molecular complexity index is 705. The van der Waals surface area contributed by atoms with Crippen molar-refractivity contribution in [1.29, 1.82) is 0 Å². The molecule has 2 rings (SSSR count).